The van der Waals surface area contributed by atoms with Gasteiger partial charge in [-0.3, -0.25) is 14.9 Å². The monoisotopic (exact) mass is 306 g/mol. The van der Waals surface area contributed by atoms with Crippen LogP contribution in [0.4, 0.5) is 5.69 Å². The average Bonchev–Trinajstić information content (AvgIpc) is 2.85. The van der Waals surface area contributed by atoms with Gasteiger partial charge in [0.15, 0.2) is 0 Å². The molecule has 2 aliphatic heterocycles. The Hall–Kier alpha value is -2.15. The minimum absolute atomic E-state index is 0.0424. The number of hydrogen-bond donors (Lipinski definition) is 1. The summed E-state index contributed by atoms with van der Waals surface area (Å²) in [5.41, 5.74) is -0.460. The molecule has 0 bridgehead atoms. The first-order valence-electron chi connectivity index (χ1n) is 7.26. The third kappa shape index (κ3) is 2.21. The highest BCUT2D eigenvalue weighted by atomic mass is 16.6. The second-order valence-corrected chi connectivity index (χ2v) is 6.27. The van der Waals surface area contributed by atoms with Gasteiger partial charge in [0.05, 0.1) is 11.0 Å². The summed E-state index contributed by atoms with van der Waals surface area (Å²) in [5.74, 6) is 0.435. The molecule has 2 atom stereocenters. The summed E-state index contributed by atoms with van der Waals surface area (Å²) in [6.07, 6.45) is 0.214. The molecule has 1 amide bonds. The highest BCUT2D eigenvalue weighted by Crippen LogP contribution is 2.45. The van der Waals surface area contributed by atoms with Crippen molar-refractivity contribution in [1.82, 2.24) is 4.90 Å². The Morgan fingerprint density at radius 3 is 2.77 bits per heavy atom. The number of rotatable bonds is 2. The molecule has 2 aliphatic rings. The lowest BCUT2D eigenvalue weighted by Crippen LogP contribution is -2.53. The number of non-ortho nitro benzene ring substituents is 1. The SMILES string of the molecule is CC1(C)Oc2ccc([N+](=O)[O-])cc2[C@H](N2CCCC2=O)[C@H]1O. The van der Waals surface area contributed by atoms with Gasteiger partial charge in [-0.15, -0.1) is 0 Å². The number of aliphatic hydroxyl groups is 1. The second-order valence-electron chi connectivity index (χ2n) is 6.27. The number of ether oxygens (including phenoxy) is 1. The number of benzene rings is 1. The van der Waals surface area contributed by atoms with Crippen LogP contribution in [0.25, 0.3) is 0 Å². The highest BCUT2D eigenvalue weighted by Gasteiger charge is 2.47. The molecule has 0 aliphatic carbocycles. The van der Waals surface area contributed by atoms with Gasteiger partial charge in [0.1, 0.15) is 17.5 Å². The number of fused-ring (bicyclic) bond motifs is 1. The topological polar surface area (TPSA) is 92.9 Å². The van der Waals surface area contributed by atoms with Crippen LogP contribution in [-0.2, 0) is 4.79 Å². The van der Waals surface area contributed by atoms with E-state index < -0.39 is 22.7 Å². The van der Waals surface area contributed by atoms with Gasteiger partial charge >= 0.3 is 0 Å². The summed E-state index contributed by atoms with van der Waals surface area (Å²) in [4.78, 5) is 24.2. The van der Waals surface area contributed by atoms with Crippen LogP contribution in [0.15, 0.2) is 18.2 Å². The molecule has 1 aromatic rings. The number of hydrogen-bond acceptors (Lipinski definition) is 5. The van der Waals surface area contributed by atoms with E-state index in [4.69, 9.17) is 4.74 Å². The normalized spacial score (nSPS) is 26.5. The van der Waals surface area contributed by atoms with Gasteiger partial charge in [0, 0.05) is 30.7 Å². The minimum atomic E-state index is -0.955. The standard InChI is InChI=1S/C15H18N2O5/c1-15(2)14(19)13(16-7-3-4-12(16)18)10-8-9(17(20)21)5-6-11(10)22-15/h5-6,8,13-14,19H,3-4,7H2,1-2H3/t13-,14+/m0/s1. The van der Waals surface area contributed by atoms with Crippen molar-refractivity contribution < 1.29 is 19.6 Å². The zero-order valence-corrected chi connectivity index (χ0v) is 12.5. The van der Waals surface area contributed by atoms with E-state index in [1.807, 2.05) is 0 Å². The molecular weight excluding hydrogens is 288 g/mol. The molecule has 0 spiro atoms. The van der Waals surface area contributed by atoms with Crippen molar-refractivity contribution in [2.45, 2.75) is 44.4 Å². The van der Waals surface area contributed by atoms with E-state index in [1.165, 1.54) is 18.2 Å². The van der Waals surface area contributed by atoms with Crippen molar-refractivity contribution in [3.05, 3.63) is 33.9 Å². The summed E-state index contributed by atoms with van der Waals surface area (Å²) < 4.78 is 5.78. The van der Waals surface area contributed by atoms with Gasteiger partial charge in [-0.05, 0) is 26.3 Å². The van der Waals surface area contributed by atoms with Gasteiger partial charge in [-0.2, -0.15) is 0 Å². The molecule has 7 heteroatoms. The number of carbonyl (C=O) groups excluding carboxylic acids is 1. The Labute approximate surface area is 127 Å². The summed E-state index contributed by atoms with van der Waals surface area (Å²) in [7, 11) is 0. The predicted octanol–water partition coefficient (Wildman–Crippen LogP) is 1.79. The van der Waals surface area contributed by atoms with E-state index in [0.717, 1.165) is 6.42 Å². The van der Waals surface area contributed by atoms with Crippen LogP contribution < -0.4 is 4.74 Å². The number of carbonyl (C=O) groups is 1. The fourth-order valence-corrected chi connectivity index (χ4v) is 3.17. The molecule has 1 aromatic carbocycles. The average molecular weight is 306 g/mol. The molecule has 2 heterocycles. The lowest BCUT2D eigenvalue weighted by atomic mass is 9.85. The third-order valence-electron chi connectivity index (χ3n) is 4.35. The molecule has 1 saturated heterocycles. The number of aliphatic hydroxyl groups excluding tert-OH is 1. The van der Waals surface area contributed by atoms with Crippen LogP contribution in [0.1, 0.15) is 38.3 Å². The first kappa shape index (κ1) is 14.8. The van der Waals surface area contributed by atoms with Crippen LogP contribution >= 0.6 is 0 Å². The smallest absolute Gasteiger partial charge is 0.270 e. The molecule has 0 saturated carbocycles. The maximum absolute atomic E-state index is 12.1. The van der Waals surface area contributed by atoms with Crippen molar-refractivity contribution in [1.29, 1.82) is 0 Å². The molecule has 7 nitrogen and oxygen atoms in total. The third-order valence-corrected chi connectivity index (χ3v) is 4.35. The largest absolute Gasteiger partial charge is 0.485 e. The quantitative estimate of drug-likeness (QED) is 0.664. The molecule has 0 aromatic heterocycles. The van der Waals surface area contributed by atoms with Crippen molar-refractivity contribution >= 4 is 11.6 Å². The summed E-state index contributed by atoms with van der Waals surface area (Å²) in [5, 5.41) is 21.7. The van der Waals surface area contributed by atoms with Crippen LogP contribution in [0.2, 0.25) is 0 Å². The Morgan fingerprint density at radius 2 is 2.18 bits per heavy atom. The summed E-state index contributed by atoms with van der Waals surface area (Å²) in [6.45, 7) is 4.03. The van der Waals surface area contributed by atoms with Crippen molar-refractivity contribution in [2.24, 2.45) is 0 Å². The van der Waals surface area contributed by atoms with E-state index in [2.05, 4.69) is 0 Å². The van der Waals surface area contributed by atoms with Crippen molar-refractivity contribution in [3.63, 3.8) is 0 Å². The van der Waals surface area contributed by atoms with Gasteiger partial charge in [-0.1, -0.05) is 0 Å². The van der Waals surface area contributed by atoms with E-state index in [1.54, 1.807) is 18.7 Å². The first-order chi connectivity index (χ1) is 10.3. The lowest BCUT2D eigenvalue weighted by Gasteiger charge is -2.45. The van der Waals surface area contributed by atoms with E-state index >= 15 is 0 Å². The zero-order valence-electron chi connectivity index (χ0n) is 12.5. The molecule has 0 radical (unpaired) electrons. The van der Waals surface area contributed by atoms with Crippen LogP contribution in [0, 0.1) is 10.1 Å². The highest BCUT2D eigenvalue weighted by molar-refractivity contribution is 5.79. The second kappa shape index (κ2) is 4.95. The fraction of sp³-hybridized carbons (Fsp3) is 0.533. The van der Waals surface area contributed by atoms with E-state index in [0.29, 0.717) is 24.3 Å². The molecule has 0 unspecified atom stereocenters. The predicted molar refractivity (Wildman–Crippen MR) is 77.5 cm³/mol. The van der Waals surface area contributed by atoms with Gasteiger partial charge in [0.25, 0.3) is 5.69 Å². The fourth-order valence-electron chi connectivity index (χ4n) is 3.17. The number of amides is 1. The summed E-state index contributed by atoms with van der Waals surface area (Å²) >= 11 is 0. The van der Waals surface area contributed by atoms with Gasteiger partial charge in [-0.25, -0.2) is 0 Å². The zero-order chi connectivity index (χ0) is 16.1. The molecule has 1 N–H and O–H groups in total. The lowest BCUT2D eigenvalue weighted by molar-refractivity contribution is -0.385. The Bertz CT molecular complexity index is 643. The molecular formula is C15H18N2O5. The minimum Gasteiger partial charge on any atom is -0.485 e. The maximum atomic E-state index is 12.1. The Kier molecular flexibility index (Phi) is 3.32. The van der Waals surface area contributed by atoms with Gasteiger partial charge in [0.2, 0.25) is 5.91 Å². The Balaban J connectivity index is 2.12. The van der Waals surface area contributed by atoms with E-state index in [-0.39, 0.29) is 11.6 Å². The Morgan fingerprint density at radius 1 is 1.45 bits per heavy atom. The molecule has 3 rings (SSSR count). The summed E-state index contributed by atoms with van der Waals surface area (Å²) in [6, 6.07) is 3.68. The van der Waals surface area contributed by atoms with Gasteiger partial charge < -0.3 is 14.7 Å². The molecule has 118 valence electrons. The first-order valence-corrected chi connectivity index (χ1v) is 7.26. The van der Waals surface area contributed by atoms with Crippen LogP contribution in [-0.4, -0.2) is 39.1 Å². The maximum Gasteiger partial charge on any atom is 0.270 e. The van der Waals surface area contributed by atoms with Crippen LogP contribution in [0.3, 0.4) is 0 Å². The molecule has 1 fully saturated rings. The number of nitro groups is 1. The van der Waals surface area contributed by atoms with E-state index in [9.17, 15) is 20.0 Å². The number of nitrogens with zero attached hydrogens (tertiary/aromatic N) is 2. The van der Waals surface area contributed by atoms with Crippen molar-refractivity contribution in [2.75, 3.05) is 6.54 Å². The van der Waals surface area contributed by atoms with Crippen molar-refractivity contribution in [3.8, 4) is 5.75 Å². The number of nitro benzene ring substituents is 1. The van der Waals surface area contributed by atoms with Crippen LogP contribution in [0.5, 0.6) is 5.75 Å². The molecule has 22 heavy (non-hydrogen) atoms. The number of likely N-dealkylation sites (tertiary alicyclic amines) is 1.